The number of hydrogen-bond acceptors (Lipinski definition) is 3. The first-order chi connectivity index (χ1) is 5.90. The zero-order valence-electron chi connectivity index (χ0n) is 7.35. The quantitative estimate of drug-likeness (QED) is 0.705. The molecular formula is C8H12F2O3. The van der Waals surface area contributed by atoms with E-state index in [4.69, 9.17) is 4.74 Å². The highest BCUT2D eigenvalue weighted by atomic mass is 19.3. The van der Waals surface area contributed by atoms with Gasteiger partial charge in [-0.05, 0) is 0 Å². The molecule has 0 unspecified atom stereocenters. The lowest BCUT2D eigenvalue weighted by Crippen LogP contribution is -2.55. The normalized spacial score (nSPS) is 22.8. The van der Waals surface area contributed by atoms with E-state index in [-0.39, 0.29) is 26.1 Å². The van der Waals surface area contributed by atoms with Crippen molar-refractivity contribution in [3.05, 3.63) is 0 Å². The van der Waals surface area contributed by atoms with Gasteiger partial charge in [-0.2, -0.15) is 8.78 Å². The lowest BCUT2D eigenvalue weighted by atomic mass is 9.85. The van der Waals surface area contributed by atoms with E-state index in [1.807, 2.05) is 0 Å². The summed E-state index contributed by atoms with van der Waals surface area (Å²) in [5.41, 5.74) is -2.21. The van der Waals surface area contributed by atoms with Crippen LogP contribution in [0, 0.1) is 0 Å². The molecule has 0 aromatic rings. The number of aliphatic hydroxyl groups is 1. The molecule has 1 rings (SSSR count). The lowest BCUT2D eigenvalue weighted by molar-refractivity contribution is -0.210. The Morgan fingerprint density at radius 1 is 1.46 bits per heavy atom. The molecule has 0 aromatic carbocycles. The van der Waals surface area contributed by atoms with Crippen LogP contribution in [0.1, 0.15) is 19.8 Å². The number of ketones is 1. The molecule has 0 amide bonds. The summed E-state index contributed by atoms with van der Waals surface area (Å²) in [4.78, 5) is 10.6. The molecule has 3 nitrogen and oxygen atoms in total. The summed E-state index contributed by atoms with van der Waals surface area (Å²) in [5.74, 6) is -4.95. The Bertz CT molecular complexity index is 209. The molecular weight excluding hydrogens is 182 g/mol. The number of ether oxygens (including phenoxy) is 1. The van der Waals surface area contributed by atoms with E-state index < -0.39 is 17.3 Å². The maximum Gasteiger partial charge on any atom is 0.333 e. The van der Waals surface area contributed by atoms with Crippen molar-refractivity contribution in [1.29, 1.82) is 0 Å². The van der Waals surface area contributed by atoms with Crippen LogP contribution in [0.5, 0.6) is 0 Å². The first kappa shape index (κ1) is 10.5. The summed E-state index contributed by atoms with van der Waals surface area (Å²) >= 11 is 0. The number of rotatable bonds is 2. The highest BCUT2D eigenvalue weighted by Gasteiger charge is 2.56. The summed E-state index contributed by atoms with van der Waals surface area (Å²) in [6.45, 7) is 0.923. The maximum absolute atomic E-state index is 13.2. The van der Waals surface area contributed by atoms with Crippen LogP contribution in [0.2, 0.25) is 0 Å². The fourth-order valence-corrected chi connectivity index (χ4v) is 1.35. The number of Topliss-reactive ketones (excluding diaryl/α,β-unsaturated/α-hetero) is 1. The van der Waals surface area contributed by atoms with Crippen molar-refractivity contribution in [1.82, 2.24) is 0 Å². The molecule has 0 saturated carbocycles. The Hall–Kier alpha value is -0.550. The number of carbonyl (C=O) groups is 1. The van der Waals surface area contributed by atoms with Gasteiger partial charge < -0.3 is 9.84 Å². The molecule has 0 bridgehead atoms. The van der Waals surface area contributed by atoms with Gasteiger partial charge in [0, 0.05) is 33.0 Å². The standard InChI is InChI=1S/C8H12F2O3/c1-6(11)8(9,10)7(12)2-4-13-5-3-7/h12H,2-5H2,1H3. The average Bonchev–Trinajstić information content (AvgIpc) is 2.05. The first-order valence-electron chi connectivity index (χ1n) is 4.09. The fourth-order valence-electron chi connectivity index (χ4n) is 1.35. The highest BCUT2D eigenvalue weighted by molar-refractivity contribution is 5.84. The van der Waals surface area contributed by atoms with Crippen molar-refractivity contribution in [2.75, 3.05) is 13.2 Å². The second-order valence-corrected chi connectivity index (χ2v) is 3.27. The van der Waals surface area contributed by atoms with Gasteiger partial charge in [-0.15, -0.1) is 0 Å². The van der Waals surface area contributed by atoms with E-state index >= 15 is 0 Å². The molecule has 0 radical (unpaired) electrons. The van der Waals surface area contributed by atoms with Crippen LogP contribution in [-0.2, 0) is 9.53 Å². The minimum Gasteiger partial charge on any atom is -0.383 e. The Morgan fingerprint density at radius 2 is 1.92 bits per heavy atom. The Balaban J connectivity index is 2.82. The Morgan fingerprint density at radius 3 is 2.31 bits per heavy atom. The monoisotopic (exact) mass is 194 g/mol. The molecule has 0 aliphatic carbocycles. The average molecular weight is 194 g/mol. The molecule has 1 saturated heterocycles. The predicted molar refractivity (Wildman–Crippen MR) is 40.6 cm³/mol. The SMILES string of the molecule is CC(=O)C(F)(F)C1(O)CCOCC1. The van der Waals surface area contributed by atoms with Crippen molar-refractivity contribution in [3.8, 4) is 0 Å². The minimum absolute atomic E-state index is 0.0688. The van der Waals surface area contributed by atoms with Crippen LogP contribution < -0.4 is 0 Å². The van der Waals surface area contributed by atoms with Gasteiger partial charge >= 0.3 is 5.92 Å². The molecule has 1 N–H and O–H groups in total. The van der Waals surface area contributed by atoms with E-state index in [2.05, 4.69) is 0 Å². The number of alkyl halides is 2. The Labute approximate surface area is 74.7 Å². The van der Waals surface area contributed by atoms with Crippen LogP contribution >= 0.6 is 0 Å². The second-order valence-electron chi connectivity index (χ2n) is 3.27. The molecule has 76 valence electrons. The molecule has 5 heteroatoms. The van der Waals surface area contributed by atoms with Crippen LogP contribution in [0.4, 0.5) is 8.78 Å². The van der Waals surface area contributed by atoms with Crippen molar-refractivity contribution >= 4 is 5.78 Å². The molecule has 0 spiro atoms. The van der Waals surface area contributed by atoms with Gasteiger partial charge in [0.15, 0.2) is 0 Å². The molecule has 1 heterocycles. The number of carbonyl (C=O) groups excluding carboxylic acids is 1. The largest absolute Gasteiger partial charge is 0.383 e. The van der Waals surface area contributed by atoms with Gasteiger partial charge in [-0.1, -0.05) is 0 Å². The molecule has 0 atom stereocenters. The van der Waals surface area contributed by atoms with Gasteiger partial charge in [-0.25, -0.2) is 0 Å². The Kier molecular flexibility index (Phi) is 2.68. The molecule has 13 heavy (non-hydrogen) atoms. The number of hydrogen-bond donors (Lipinski definition) is 1. The third-order valence-corrected chi connectivity index (χ3v) is 2.35. The van der Waals surface area contributed by atoms with Crippen molar-refractivity contribution in [2.45, 2.75) is 31.3 Å². The summed E-state index contributed by atoms with van der Waals surface area (Å²) in [6.07, 6.45) is -0.390. The molecule has 1 fully saturated rings. The van der Waals surface area contributed by atoms with Crippen LogP contribution in [0.3, 0.4) is 0 Å². The van der Waals surface area contributed by atoms with Gasteiger partial charge in [0.25, 0.3) is 0 Å². The van der Waals surface area contributed by atoms with Crippen molar-refractivity contribution < 1.29 is 23.4 Å². The predicted octanol–water partition coefficient (Wildman–Crippen LogP) is 0.752. The summed E-state index contributed by atoms with van der Waals surface area (Å²) < 4.78 is 31.2. The summed E-state index contributed by atoms with van der Waals surface area (Å²) in [7, 11) is 0. The zero-order valence-corrected chi connectivity index (χ0v) is 7.35. The number of halogens is 2. The zero-order chi connectivity index (χ0) is 10.1. The minimum atomic E-state index is -3.66. The molecule has 0 aromatic heterocycles. The fraction of sp³-hybridized carbons (Fsp3) is 0.875. The van der Waals surface area contributed by atoms with Gasteiger partial charge in [-0.3, -0.25) is 4.79 Å². The van der Waals surface area contributed by atoms with Gasteiger partial charge in [0.05, 0.1) is 0 Å². The second kappa shape index (κ2) is 3.31. The van der Waals surface area contributed by atoms with Crippen LogP contribution in [0.25, 0.3) is 0 Å². The topological polar surface area (TPSA) is 46.5 Å². The van der Waals surface area contributed by atoms with Gasteiger partial charge in [0.1, 0.15) is 5.60 Å². The highest BCUT2D eigenvalue weighted by Crippen LogP contribution is 2.37. The van der Waals surface area contributed by atoms with E-state index in [9.17, 15) is 18.7 Å². The third-order valence-electron chi connectivity index (χ3n) is 2.35. The van der Waals surface area contributed by atoms with Crippen molar-refractivity contribution in [2.24, 2.45) is 0 Å². The van der Waals surface area contributed by atoms with E-state index in [0.717, 1.165) is 6.92 Å². The third kappa shape index (κ3) is 1.71. The first-order valence-corrected chi connectivity index (χ1v) is 4.09. The lowest BCUT2D eigenvalue weighted by Gasteiger charge is -2.36. The van der Waals surface area contributed by atoms with Crippen LogP contribution in [0.15, 0.2) is 0 Å². The van der Waals surface area contributed by atoms with Gasteiger partial charge in [0.2, 0.25) is 5.78 Å². The maximum atomic E-state index is 13.2. The van der Waals surface area contributed by atoms with Crippen molar-refractivity contribution in [3.63, 3.8) is 0 Å². The summed E-state index contributed by atoms with van der Waals surface area (Å²) in [5, 5.41) is 9.52. The molecule has 1 aliphatic heterocycles. The van der Waals surface area contributed by atoms with E-state index in [1.54, 1.807) is 0 Å². The smallest absolute Gasteiger partial charge is 0.333 e. The van der Waals surface area contributed by atoms with Crippen LogP contribution in [-0.4, -0.2) is 35.6 Å². The molecule has 1 aliphatic rings. The van der Waals surface area contributed by atoms with E-state index in [0.29, 0.717) is 0 Å². The summed E-state index contributed by atoms with van der Waals surface area (Å²) in [6, 6.07) is 0. The van der Waals surface area contributed by atoms with E-state index in [1.165, 1.54) is 0 Å².